The molecule has 0 saturated heterocycles. The predicted molar refractivity (Wildman–Crippen MR) is 117 cm³/mol. The molecule has 30 heavy (non-hydrogen) atoms. The van der Waals surface area contributed by atoms with E-state index >= 15 is 0 Å². The van der Waals surface area contributed by atoms with Crippen molar-refractivity contribution in [2.24, 2.45) is 0 Å². The number of anilines is 3. The van der Waals surface area contributed by atoms with Gasteiger partial charge in [-0.1, -0.05) is 0 Å². The van der Waals surface area contributed by atoms with Gasteiger partial charge in [0.2, 0.25) is 5.91 Å². The SMILES string of the molecule is COCCN1C(=O)CN(C)C(=O)c2c1sc1c2CCN(c2nccnc2N(C)C)C1. The second-order valence-corrected chi connectivity index (χ2v) is 8.74. The Morgan fingerprint density at radius 3 is 2.70 bits per heavy atom. The number of nitrogens with zero attached hydrogens (tertiary/aromatic N) is 6. The monoisotopic (exact) mass is 430 g/mol. The van der Waals surface area contributed by atoms with Crippen molar-refractivity contribution in [1.29, 1.82) is 0 Å². The zero-order chi connectivity index (χ0) is 21.4. The molecule has 2 aliphatic heterocycles. The van der Waals surface area contributed by atoms with Crippen LogP contribution in [0.1, 0.15) is 20.8 Å². The molecule has 0 N–H and O–H groups in total. The lowest BCUT2D eigenvalue weighted by Gasteiger charge is -2.30. The molecule has 0 radical (unpaired) electrons. The van der Waals surface area contributed by atoms with Crippen molar-refractivity contribution < 1.29 is 14.3 Å². The molecule has 0 atom stereocenters. The van der Waals surface area contributed by atoms with E-state index in [2.05, 4.69) is 14.9 Å². The summed E-state index contributed by atoms with van der Waals surface area (Å²) in [5, 5.41) is 0.741. The first-order valence-electron chi connectivity index (χ1n) is 9.85. The van der Waals surface area contributed by atoms with Crippen molar-refractivity contribution in [3.8, 4) is 0 Å². The smallest absolute Gasteiger partial charge is 0.257 e. The average Bonchev–Trinajstić information content (AvgIpc) is 3.07. The van der Waals surface area contributed by atoms with Gasteiger partial charge in [-0.2, -0.15) is 0 Å². The number of hydrogen-bond donors (Lipinski definition) is 0. The third-order valence-electron chi connectivity index (χ3n) is 5.42. The van der Waals surface area contributed by atoms with Crippen molar-refractivity contribution >= 4 is 39.8 Å². The van der Waals surface area contributed by atoms with Gasteiger partial charge in [0, 0.05) is 52.1 Å². The molecule has 160 valence electrons. The second-order valence-electron chi connectivity index (χ2n) is 7.65. The van der Waals surface area contributed by atoms with E-state index in [9.17, 15) is 9.59 Å². The molecule has 10 heteroatoms. The molecule has 4 rings (SSSR count). The van der Waals surface area contributed by atoms with Gasteiger partial charge >= 0.3 is 0 Å². The van der Waals surface area contributed by atoms with Crippen LogP contribution in [0.5, 0.6) is 0 Å². The minimum Gasteiger partial charge on any atom is -0.383 e. The number of rotatable bonds is 5. The molecule has 0 spiro atoms. The minimum absolute atomic E-state index is 0.0800. The third kappa shape index (κ3) is 3.50. The van der Waals surface area contributed by atoms with E-state index in [-0.39, 0.29) is 18.4 Å². The molecule has 0 bridgehead atoms. The highest BCUT2D eigenvalue weighted by molar-refractivity contribution is 7.17. The van der Waals surface area contributed by atoms with Gasteiger partial charge in [0.05, 0.1) is 25.3 Å². The fourth-order valence-corrected chi connectivity index (χ4v) is 5.31. The third-order valence-corrected chi connectivity index (χ3v) is 6.66. The number of methoxy groups -OCH3 is 1. The maximum absolute atomic E-state index is 13.1. The number of fused-ring (bicyclic) bond motifs is 3. The predicted octanol–water partition coefficient (Wildman–Crippen LogP) is 1.23. The van der Waals surface area contributed by atoms with Crippen molar-refractivity contribution in [2.75, 3.05) is 69.2 Å². The van der Waals surface area contributed by atoms with Gasteiger partial charge in [-0.15, -0.1) is 11.3 Å². The van der Waals surface area contributed by atoms with E-state index in [0.717, 1.165) is 40.0 Å². The normalized spacial score (nSPS) is 16.5. The van der Waals surface area contributed by atoms with Crippen molar-refractivity contribution in [2.45, 2.75) is 13.0 Å². The largest absolute Gasteiger partial charge is 0.383 e. The van der Waals surface area contributed by atoms with Gasteiger partial charge in [-0.25, -0.2) is 9.97 Å². The van der Waals surface area contributed by atoms with Crippen LogP contribution in [0.2, 0.25) is 0 Å². The Bertz CT molecular complexity index is 975. The molecule has 0 saturated carbocycles. The first-order valence-corrected chi connectivity index (χ1v) is 10.7. The Morgan fingerprint density at radius 2 is 1.97 bits per heavy atom. The first-order chi connectivity index (χ1) is 14.4. The quantitative estimate of drug-likeness (QED) is 0.706. The van der Waals surface area contributed by atoms with Gasteiger partial charge in [0.15, 0.2) is 11.6 Å². The van der Waals surface area contributed by atoms with Crippen LogP contribution in [-0.2, 0) is 22.5 Å². The van der Waals surface area contributed by atoms with Crippen LogP contribution >= 0.6 is 11.3 Å². The molecular weight excluding hydrogens is 404 g/mol. The Kier molecular flexibility index (Phi) is 5.61. The van der Waals surface area contributed by atoms with Crippen LogP contribution in [0.4, 0.5) is 16.6 Å². The lowest BCUT2D eigenvalue weighted by Crippen LogP contribution is -2.39. The lowest BCUT2D eigenvalue weighted by atomic mass is 10.0. The van der Waals surface area contributed by atoms with Gasteiger partial charge in [0.1, 0.15) is 11.5 Å². The fourth-order valence-electron chi connectivity index (χ4n) is 3.92. The van der Waals surface area contributed by atoms with E-state index < -0.39 is 0 Å². The summed E-state index contributed by atoms with van der Waals surface area (Å²) in [6.07, 6.45) is 4.11. The minimum atomic E-state index is -0.0855. The molecule has 9 nitrogen and oxygen atoms in total. The van der Waals surface area contributed by atoms with Crippen LogP contribution < -0.4 is 14.7 Å². The van der Waals surface area contributed by atoms with Crippen LogP contribution in [0.3, 0.4) is 0 Å². The standard InChI is InChI=1S/C20H26N6O3S/c1-23(2)17-18(22-7-6-21-17)25-8-5-13-14(11-25)30-20-16(13)19(28)24(3)12-15(27)26(20)9-10-29-4/h6-7H,5,8-12H2,1-4H3. The number of hydrogen-bond acceptors (Lipinski definition) is 8. The molecule has 2 aromatic rings. The highest BCUT2D eigenvalue weighted by atomic mass is 32.1. The van der Waals surface area contributed by atoms with Crippen LogP contribution in [0.15, 0.2) is 12.4 Å². The van der Waals surface area contributed by atoms with Gasteiger partial charge in [-0.3, -0.25) is 14.5 Å². The van der Waals surface area contributed by atoms with Gasteiger partial charge < -0.3 is 19.4 Å². The summed E-state index contributed by atoms with van der Waals surface area (Å²) in [6.45, 7) is 2.30. The topological polar surface area (TPSA) is 82.1 Å². The van der Waals surface area contributed by atoms with E-state index in [0.29, 0.717) is 25.3 Å². The van der Waals surface area contributed by atoms with E-state index in [4.69, 9.17) is 4.74 Å². The van der Waals surface area contributed by atoms with Crippen molar-refractivity contribution in [1.82, 2.24) is 14.9 Å². The first kappa shape index (κ1) is 20.5. The van der Waals surface area contributed by atoms with Crippen molar-refractivity contribution in [3.05, 3.63) is 28.4 Å². The summed E-state index contributed by atoms with van der Waals surface area (Å²) in [7, 11) is 7.20. The Morgan fingerprint density at radius 1 is 1.20 bits per heavy atom. The van der Waals surface area contributed by atoms with Crippen LogP contribution in [0.25, 0.3) is 0 Å². The number of ether oxygens (including phenoxy) is 1. The summed E-state index contributed by atoms with van der Waals surface area (Å²) < 4.78 is 5.20. The molecule has 0 aliphatic carbocycles. The van der Waals surface area contributed by atoms with Crippen molar-refractivity contribution in [3.63, 3.8) is 0 Å². The van der Waals surface area contributed by atoms with Gasteiger partial charge in [-0.05, 0) is 12.0 Å². The maximum Gasteiger partial charge on any atom is 0.257 e. The summed E-state index contributed by atoms with van der Waals surface area (Å²) >= 11 is 1.53. The zero-order valence-corrected chi connectivity index (χ0v) is 18.5. The second kappa shape index (κ2) is 8.19. The lowest BCUT2D eigenvalue weighted by molar-refractivity contribution is -0.119. The maximum atomic E-state index is 13.1. The van der Waals surface area contributed by atoms with Gasteiger partial charge in [0.25, 0.3) is 5.91 Å². The average molecular weight is 431 g/mol. The van der Waals surface area contributed by atoms with E-state index in [1.807, 2.05) is 19.0 Å². The van der Waals surface area contributed by atoms with Crippen LogP contribution in [0, 0.1) is 0 Å². The number of carbonyl (C=O) groups is 2. The molecular formula is C20H26N6O3S. The number of aromatic nitrogens is 2. The number of amides is 2. The van der Waals surface area contributed by atoms with E-state index in [1.165, 1.54) is 16.2 Å². The highest BCUT2D eigenvalue weighted by Crippen LogP contribution is 2.42. The zero-order valence-electron chi connectivity index (χ0n) is 17.7. The molecule has 0 unspecified atom stereocenters. The summed E-state index contributed by atoms with van der Waals surface area (Å²) in [4.78, 5) is 43.4. The highest BCUT2D eigenvalue weighted by Gasteiger charge is 2.37. The summed E-state index contributed by atoms with van der Waals surface area (Å²) in [5.41, 5.74) is 1.72. The Balaban J connectivity index is 1.73. The molecule has 4 heterocycles. The Labute approximate surface area is 179 Å². The Hall–Kier alpha value is -2.72. The molecule has 2 aliphatic rings. The summed E-state index contributed by atoms with van der Waals surface area (Å²) in [6, 6.07) is 0. The number of carbonyl (C=O) groups excluding carboxylic acids is 2. The van der Waals surface area contributed by atoms with Crippen LogP contribution in [-0.4, -0.2) is 81.2 Å². The number of likely N-dealkylation sites (N-methyl/N-ethyl adjacent to an activating group) is 1. The molecule has 2 amide bonds. The number of thiophene rings is 1. The summed E-state index contributed by atoms with van der Waals surface area (Å²) in [5.74, 6) is 1.47. The molecule has 0 fully saturated rings. The molecule has 0 aromatic carbocycles. The molecule has 2 aromatic heterocycles. The van der Waals surface area contributed by atoms with E-state index in [1.54, 1.807) is 31.5 Å². The fraction of sp³-hybridized carbons (Fsp3) is 0.500.